The maximum atomic E-state index is 12.0. The van der Waals surface area contributed by atoms with E-state index in [4.69, 9.17) is 9.47 Å². The highest BCUT2D eigenvalue weighted by Gasteiger charge is 2.11. The summed E-state index contributed by atoms with van der Waals surface area (Å²) in [7, 11) is 0. The van der Waals surface area contributed by atoms with Gasteiger partial charge in [-0.3, -0.25) is 9.59 Å². The van der Waals surface area contributed by atoms with Crippen molar-refractivity contribution in [1.29, 1.82) is 0 Å². The molecule has 0 aromatic heterocycles. The average Bonchev–Trinajstić information content (AvgIpc) is 2.65. The van der Waals surface area contributed by atoms with Gasteiger partial charge in [-0.2, -0.15) is 0 Å². The Morgan fingerprint density at radius 1 is 0.862 bits per heavy atom. The van der Waals surface area contributed by atoms with Crippen molar-refractivity contribution in [3.8, 4) is 5.75 Å². The molecule has 2 N–H and O–H groups in total. The van der Waals surface area contributed by atoms with Crippen molar-refractivity contribution in [2.45, 2.75) is 27.7 Å². The van der Waals surface area contributed by atoms with Gasteiger partial charge in [0.25, 0.3) is 5.91 Å². The van der Waals surface area contributed by atoms with Crippen LogP contribution in [0.4, 0.5) is 5.69 Å². The minimum absolute atomic E-state index is 0.219. The molecule has 2 aromatic rings. The van der Waals surface area contributed by atoms with Gasteiger partial charge in [-0.05, 0) is 62.1 Å². The van der Waals surface area contributed by atoms with E-state index in [9.17, 15) is 14.4 Å². The molecule has 0 unspecified atom stereocenters. The third-order valence-corrected chi connectivity index (χ3v) is 4.11. The predicted octanol–water partition coefficient (Wildman–Crippen LogP) is 2.60. The predicted molar refractivity (Wildman–Crippen MR) is 110 cm³/mol. The molecule has 0 fully saturated rings. The number of benzene rings is 2. The molecule has 0 atom stereocenters. The van der Waals surface area contributed by atoms with Gasteiger partial charge in [0.15, 0.2) is 13.2 Å². The lowest BCUT2D eigenvalue weighted by molar-refractivity contribution is -0.150. The summed E-state index contributed by atoms with van der Waals surface area (Å²) in [5, 5.41) is 5.18. The van der Waals surface area contributed by atoms with E-state index in [0.29, 0.717) is 5.75 Å². The van der Waals surface area contributed by atoms with Crippen molar-refractivity contribution in [3.05, 3.63) is 58.7 Å². The van der Waals surface area contributed by atoms with Gasteiger partial charge in [-0.25, -0.2) is 4.79 Å². The lowest BCUT2D eigenvalue weighted by atomic mass is 10.1. The van der Waals surface area contributed by atoms with E-state index in [2.05, 4.69) is 10.6 Å². The fraction of sp³-hybridized carbons (Fsp3) is 0.318. The minimum atomic E-state index is -0.667. The zero-order valence-electron chi connectivity index (χ0n) is 17.1. The summed E-state index contributed by atoms with van der Waals surface area (Å²) in [6.07, 6.45) is 0. The fourth-order valence-electron chi connectivity index (χ4n) is 2.77. The normalized spacial score (nSPS) is 10.2. The fourth-order valence-corrected chi connectivity index (χ4v) is 2.77. The van der Waals surface area contributed by atoms with Crippen molar-refractivity contribution in [1.82, 2.24) is 5.32 Å². The van der Waals surface area contributed by atoms with Gasteiger partial charge < -0.3 is 20.1 Å². The van der Waals surface area contributed by atoms with E-state index in [-0.39, 0.29) is 19.1 Å². The minimum Gasteiger partial charge on any atom is -0.482 e. The SMILES string of the molecule is Cc1cc(C)cc(OCC(=O)OCC(=O)NCC(=O)Nc2c(C)cccc2C)c1. The standard InChI is InChI=1S/C22H26N2O5/c1-14-8-15(2)10-18(9-14)28-13-21(27)29-12-20(26)23-11-19(25)24-22-16(3)6-5-7-17(22)4/h5-10H,11-13H2,1-4H3,(H,23,26)(H,24,25). The molecule has 0 spiro atoms. The molecule has 0 aliphatic carbocycles. The number of hydrogen-bond acceptors (Lipinski definition) is 5. The van der Waals surface area contributed by atoms with E-state index in [1.54, 1.807) is 0 Å². The van der Waals surface area contributed by atoms with Crippen LogP contribution in [0.25, 0.3) is 0 Å². The summed E-state index contributed by atoms with van der Waals surface area (Å²) in [5.41, 5.74) is 4.63. The molecule has 2 rings (SSSR count). The summed E-state index contributed by atoms with van der Waals surface area (Å²) in [6, 6.07) is 11.3. The number of esters is 1. The molecule has 29 heavy (non-hydrogen) atoms. The van der Waals surface area contributed by atoms with Crippen LogP contribution in [-0.4, -0.2) is 37.5 Å². The summed E-state index contributed by atoms with van der Waals surface area (Å²) in [4.78, 5) is 35.6. The monoisotopic (exact) mass is 398 g/mol. The van der Waals surface area contributed by atoms with Crippen LogP contribution in [0.15, 0.2) is 36.4 Å². The summed E-state index contributed by atoms with van der Waals surface area (Å²) in [5.74, 6) is -1.03. The van der Waals surface area contributed by atoms with Crippen LogP contribution >= 0.6 is 0 Å². The largest absolute Gasteiger partial charge is 0.482 e. The van der Waals surface area contributed by atoms with Gasteiger partial charge >= 0.3 is 5.97 Å². The smallest absolute Gasteiger partial charge is 0.344 e. The number of rotatable bonds is 8. The van der Waals surface area contributed by atoms with Crippen molar-refractivity contribution in [3.63, 3.8) is 0 Å². The Labute approximate surface area is 170 Å². The van der Waals surface area contributed by atoms with Gasteiger partial charge in [0, 0.05) is 5.69 Å². The maximum Gasteiger partial charge on any atom is 0.344 e. The Hall–Kier alpha value is -3.35. The van der Waals surface area contributed by atoms with E-state index < -0.39 is 18.5 Å². The first kappa shape index (κ1) is 21.9. The molecule has 0 saturated heterocycles. The molecule has 154 valence electrons. The van der Waals surface area contributed by atoms with E-state index in [1.165, 1.54) is 0 Å². The summed E-state index contributed by atoms with van der Waals surface area (Å²) >= 11 is 0. The highest BCUT2D eigenvalue weighted by Crippen LogP contribution is 2.19. The van der Waals surface area contributed by atoms with Crippen molar-refractivity contribution in [2.75, 3.05) is 25.1 Å². The van der Waals surface area contributed by atoms with Crippen LogP contribution in [0.3, 0.4) is 0 Å². The van der Waals surface area contributed by atoms with Crippen LogP contribution in [0, 0.1) is 27.7 Å². The molecule has 0 aliphatic heterocycles. The third kappa shape index (κ3) is 7.29. The van der Waals surface area contributed by atoms with E-state index >= 15 is 0 Å². The third-order valence-electron chi connectivity index (χ3n) is 4.11. The van der Waals surface area contributed by atoms with Crippen LogP contribution < -0.4 is 15.4 Å². The number of carbonyl (C=O) groups excluding carboxylic acids is 3. The van der Waals surface area contributed by atoms with Crippen LogP contribution in [-0.2, 0) is 19.1 Å². The first-order valence-electron chi connectivity index (χ1n) is 9.24. The highest BCUT2D eigenvalue weighted by atomic mass is 16.6. The molecule has 7 heteroatoms. The molecule has 2 aromatic carbocycles. The maximum absolute atomic E-state index is 12.0. The molecule has 0 radical (unpaired) electrons. The van der Waals surface area contributed by atoms with Crippen LogP contribution in [0.2, 0.25) is 0 Å². The first-order valence-corrected chi connectivity index (χ1v) is 9.24. The summed E-state index contributed by atoms with van der Waals surface area (Å²) < 4.78 is 10.2. The molecule has 7 nitrogen and oxygen atoms in total. The van der Waals surface area contributed by atoms with Gasteiger partial charge in [-0.15, -0.1) is 0 Å². The number of hydrogen-bond donors (Lipinski definition) is 2. The zero-order chi connectivity index (χ0) is 21.4. The number of nitrogens with one attached hydrogen (secondary N) is 2. The number of ether oxygens (including phenoxy) is 2. The molecule has 0 heterocycles. The number of amides is 2. The number of carbonyl (C=O) groups is 3. The van der Waals surface area contributed by atoms with Crippen molar-refractivity contribution >= 4 is 23.5 Å². The topological polar surface area (TPSA) is 93.7 Å². The second-order valence-electron chi connectivity index (χ2n) is 6.86. The molecule has 0 bridgehead atoms. The molecular formula is C22H26N2O5. The Bertz CT molecular complexity index is 868. The molecular weight excluding hydrogens is 372 g/mol. The lowest BCUT2D eigenvalue weighted by Crippen LogP contribution is -2.36. The van der Waals surface area contributed by atoms with E-state index in [0.717, 1.165) is 27.9 Å². The molecule has 0 aliphatic rings. The highest BCUT2D eigenvalue weighted by molar-refractivity contribution is 5.96. The Morgan fingerprint density at radius 2 is 1.48 bits per heavy atom. The van der Waals surface area contributed by atoms with Gasteiger partial charge in [0.05, 0.1) is 6.54 Å². The van der Waals surface area contributed by atoms with Crippen LogP contribution in [0.5, 0.6) is 5.75 Å². The Balaban J connectivity index is 1.69. The number of para-hydroxylation sites is 1. The molecule has 0 saturated carbocycles. The number of aryl methyl sites for hydroxylation is 4. The quantitative estimate of drug-likeness (QED) is 0.667. The Morgan fingerprint density at radius 3 is 2.10 bits per heavy atom. The lowest BCUT2D eigenvalue weighted by Gasteiger charge is -2.12. The average molecular weight is 398 g/mol. The Kier molecular flexibility index (Phi) is 7.77. The second-order valence-corrected chi connectivity index (χ2v) is 6.86. The molecule has 2 amide bonds. The number of anilines is 1. The second kappa shape index (κ2) is 10.3. The van der Waals surface area contributed by atoms with Gasteiger partial charge in [-0.1, -0.05) is 24.3 Å². The zero-order valence-corrected chi connectivity index (χ0v) is 17.1. The first-order chi connectivity index (χ1) is 13.7. The van der Waals surface area contributed by atoms with Gasteiger partial charge in [0.1, 0.15) is 5.75 Å². The van der Waals surface area contributed by atoms with Crippen molar-refractivity contribution < 1.29 is 23.9 Å². The van der Waals surface area contributed by atoms with Gasteiger partial charge in [0.2, 0.25) is 5.91 Å². The summed E-state index contributed by atoms with van der Waals surface area (Å²) in [6.45, 7) is 6.64. The van der Waals surface area contributed by atoms with Crippen LogP contribution in [0.1, 0.15) is 22.3 Å². The van der Waals surface area contributed by atoms with E-state index in [1.807, 2.05) is 64.1 Å². The van der Waals surface area contributed by atoms with Crippen molar-refractivity contribution in [2.24, 2.45) is 0 Å².